The van der Waals surface area contributed by atoms with Crippen LogP contribution in [0.2, 0.25) is 0 Å². The van der Waals surface area contributed by atoms with Crippen LogP contribution in [-0.2, 0) is 0 Å². The standard InChI is InChI=1S/C18H23N3OS/c1-13-10-15(8-9-17(13)22)11-19-21-14(2)12-23-18(21)20-16-6-4-3-5-7-16/h8-12,16,22H,3-7H2,1-2H3/b19-11+,20-18-. The summed E-state index contributed by atoms with van der Waals surface area (Å²) in [7, 11) is 0. The van der Waals surface area contributed by atoms with Crippen LogP contribution in [0.1, 0.15) is 48.9 Å². The summed E-state index contributed by atoms with van der Waals surface area (Å²) in [5.41, 5.74) is 2.92. The molecule has 5 heteroatoms. The minimum atomic E-state index is 0.314. The van der Waals surface area contributed by atoms with Crippen LogP contribution >= 0.6 is 11.3 Å². The summed E-state index contributed by atoms with van der Waals surface area (Å²) in [6.07, 6.45) is 8.12. The van der Waals surface area contributed by atoms with Crippen LogP contribution in [0.5, 0.6) is 5.75 Å². The van der Waals surface area contributed by atoms with Gasteiger partial charge in [0.1, 0.15) is 5.75 Å². The van der Waals surface area contributed by atoms with E-state index in [1.54, 1.807) is 17.4 Å². The van der Waals surface area contributed by atoms with Crippen molar-refractivity contribution in [3.63, 3.8) is 0 Å². The first-order valence-electron chi connectivity index (χ1n) is 8.18. The molecule has 23 heavy (non-hydrogen) atoms. The molecule has 0 bridgehead atoms. The van der Waals surface area contributed by atoms with E-state index in [0.717, 1.165) is 21.6 Å². The highest BCUT2D eigenvalue weighted by molar-refractivity contribution is 7.07. The highest BCUT2D eigenvalue weighted by Crippen LogP contribution is 2.20. The van der Waals surface area contributed by atoms with Crippen molar-refractivity contribution in [1.82, 2.24) is 4.68 Å². The first-order valence-corrected chi connectivity index (χ1v) is 9.06. The minimum Gasteiger partial charge on any atom is -0.508 e. The van der Waals surface area contributed by atoms with Gasteiger partial charge in [0.05, 0.1) is 18.0 Å². The Morgan fingerprint density at radius 3 is 2.74 bits per heavy atom. The number of phenols is 1. The van der Waals surface area contributed by atoms with E-state index in [9.17, 15) is 5.11 Å². The highest BCUT2D eigenvalue weighted by Gasteiger charge is 2.12. The average Bonchev–Trinajstić information content (AvgIpc) is 2.90. The Morgan fingerprint density at radius 2 is 2.00 bits per heavy atom. The fourth-order valence-corrected chi connectivity index (χ4v) is 3.74. The topological polar surface area (TPSA) is 49.9 Å². The zero-order valence-electron chi connectivity index (χ0n) is 13.7. The first-order chi connectivity index (χ1) is 11.1. The van der Waals surface area contributed by atoms with Crippen LogP contribution in [0, 0.1) is 13.8 Å². The summed E-state index contributed by atoms with van der Waals surface area (Å²) < 4.78 is 1.92. The molecule has 1 aromatic heterocycles. The number of phenolic OH excluding ortho intramolecular Hbond substituents is 1. The Morgan fingerprint density at radius 1 is 1.22 bits per heavy atom. The molecule has 3 rings (SSSR count). The second-order valence-electron chi connectivity index (χ2n) is 6.18. The lowest BCUT2D eigenvalue weighted by Gasteiger charge is -2.16. The van der Waals surface area contributed by atoms with Gasteiger partial charge in [0.15, 0.2) is 0 Å². The number of hydrogen-bond donors (Lipinski definition) is 1. The molecular weight excluding hydrogens is 306 g/mol. The summed E-state index contributed by atoms with van der Waals surface area (Å²) in [4.78, 5) is 5.88. The molecule has 1 aliphatic carbocycles. The maximum atomic E-state index is 9.60. The van der Waals surface area contributed by atoms with Gasteiger partial charge in [-0.05, 0) is 56.0 Å². The summed E-state index contributed by atoms with van der Waals surface area (Å²) >= 11 is 1.65. The van der Waals surface area contributed by atoms with Crippen molar-refractivity contribution in [3.8, 4) is 5.75 Å². The number of rotatable bonds is 3. The first kappa shape index (κ1) is 16.0. The van der Waals surface area contributed by atoms with Gasteiger partial charge in [-0.15, -0.1) is 11.3 Å². The average molecular weight is 329 g/mol. The number of hydrogen-bond acceptors (Lipinski definition) is 4. The summed E-state index contributed by atoms with van der Waals surface area (Å²) in [5.74, 6) is 0.314. The summed E-state index contributed by atoms with van der Waals surface area (Å²) in [5, 5.41) is 16.3. The maximum Gasteiger partial charge on any atom is 0.206 e. The molecule has 0 amide bonds. The van der Waals surface area contributed by atoms with Gasteiger partial charge < -0.3 is 5.11 Å². The Hall–Kier alpha value is -1.88. The molecule has 1 fully saturated rings. The Balaban J connectivity index is 1.87. The molecule has 1 heterocycles. The van der Waals surface area contributed by atoms with Crippen LogP contribution in [0.4, 0.5) is 0 Å². The molecule has 1 aliphatic rings. The van der Waals surface area contributed by atoms with E-state index in [1.807, 2.05) is 29.9 Å². The third kappa shape index (κ3) is 3.91. The number of thiazole rings is 1. The van der Waals surface area contributed by atoms with E-state index in [-0.39, 0.29) is 0 Å². The SMILES string of the molecule is Cc1cc(/C=N/n2c(C)cs/c2=N\C2CCCCC2)ccc1O. The Kier molecular flexibility index (Phi) is 4.96. The molecular formula is C18H23N3OS. The van der Waals surface area contributed by atoms with Crippen molar-refractivity contribution < 1.29 is 5.11 Å². The lowest BCUT2D eigenvalue weighted by Crippen LogP contribution is -2.19. The van der Waals surface area contributed by atoms with Gasteiger partial charge in [-0.2, -0.15) is 5.10 Å². The van der Waals surface area contributed by atoms with Crippen LogP contribution in [0.15, 0.2) is 33.7 Å². The lowest BCUT2D eigenvalue weighted by atomic mass is 9.96. The second kappa shape index (κ2) is 7.13. The summed E-state index contributed by atoms with van der Waals surface area (Å²) in [6.45, 7) is 3.94. The number of aromatic nitrogens is 1. The quantitative estimate of drug-likeness (QED) is 0.851. The maximum absolute atomic E-state index is 9.60. The van der Waals surface area contributed by atoms with E-state index in [4.69, 9.17) is 4.99 Å². The van der Waals surface area contributed by atoms with Gasteiger partial charge in [0, 0.05) is 5.38 Å². The van der Waals surface area contributed by atoms with Gasteiger partial charge in [0.2, 0.25) is 4.80 Å². The predicted octanol–water partition coefficient (Wildman–Crippen LogP) is 3.99. The minimum absolute atomic E-state index is 0.314. The van der Waals surface area contributed by atoms with Gasteiger partial charge in [-0.25, -0.2) is 4.68 Å². The van der Waals surface area contributed by atoms with Crippen LogP contribution < -0.4 is 4.80 Å². The zero-order valence-corrected chi connectivity index (χ0v) is 14.5. The van der Waals surface area contributed by atoms with Crippen molar-refractivity contribution in [3.05, 3.63) is 45.2 Å². The molecule has 1 N–H and O–H groups in total. The lowest BCUT2D eigenvalue weighted by molar-refractivity contribution is 0.435. The molecule has 0 saturated heterocycles. The normalized spacial score (nSPS) is 17.2. The van der Waals surface area contributed by atoms with Crippen LogP contribution in [0.3, 0.4) is 0 Å². The number of aromatic hydroxyl groups is 1. The van der Waals surface area contributed by atoms with Gasteiger partial charge in [-0.1, -0.05) is 19.3 Å². The molecule has 1 saturated carbocycles. The number of benzene rings is 1. The molecule has 0 atom stereocenters. The second-order valence-corrected chi connectivity index (χ2v) is 7.02. The molecule has 122 valence electrons. The molecule has 0 aliphatic heterocycles. The van der Waals surface area contributed by atoms with Gasteiger partial charge >= 0.3 is 0 Å². The molecule has 4 nitrogen and oxygen atoms in total. The van der Waals surface area contributed by atoms with Crippen LogP contribution in [-0.4, -0.2) is 22.0 Å². The van der Waals surface area contributed by atoms with Crippen molar-refractivity contribution in [2.75, 3.05) is 0 Å². The smallest absolute Gasteiger partial charge is 0.206 e. The monoisotopic (exact) mass is 329 g/mol. The fraction of sp³-hybridized carbons (Fsp3) is 0.444. The molecule has 0 radical (unpaired) electrons. The van der Waals surface area contributed by atoms with E-state index >= 15 is 0 Å². The van der Waals surface area contributed by atoms with Crippen molar-refractivity contribution >= 4 is 17.6 Å². The third-order valence-electron chi connectivity index (χ3n) is 4.26. The van der Waals surface area contributed by atoms with Crippen molar-refractivity contribution in [1.29, 1.82) is 0 Å². The third-order valence-corrected chi connectivity index (χ3v) is 5.21. The van der Waals surface area contributed by atoms with E-state index in [2.05, 4.69) is 17.4 Å². The van der Waals surface area contributed by atoms with Crippen molar-refractivity contribution in [2.24, 2.45) is 10.1 Å². The zero-order chi connectivity index (χ0) is 16.2. The number of aryl methyl sites for hydroxylation is 2. The number of nitrogens with zero attached hydrogens (tertiary/aromatic N) is 3. The molecule has 2 aromatic rings. The van der Waals surface area contributed by atoms with Gasteiger partial charge in [-0.3, -0.25) is 4.99 Å². The largest absolute Gasteiger partial charge is 0.508 e. The van der Waals surface area contributed by atoms with E-state index in [1.165, 1.54) is 32.1 Å². The highest BCUT2D eigenvalue weighted by atomic mass is 32.1. The Bertz CT molecular complexity index is 767. The van der Waals surface area contributed by atoms with Crippen molar-refractivity contribution in [2.45, 2.75) is 52.0 Å². The molecule has 0 unspecified atom stereocenters. The predicted molar refractivity (Wildman–Crippen MR) is 95.3 cm³/mol. The summed E-state index contributed by atoms with van der Waals surface area (Å²) in [6, 6.07) is 5.94. The molecule has 0 spiro atoms. The fourth-order valence-electron chi connectivity index (χ4n) is 2.86. The van der Waals surface area contributed by atoms with E-state index in [0.29, 0.717) is 11.8 Å². The van der Waals surface area contributed by atoms with E-state index < -0.39 is 0 Å². The van der Waals surface area contributed by atoms with Crippen LogP contribution in [0.25, 0.3) is 0 Å². The van der Waals surface area contributed by atoms with Gasteiger partial charge in [0.25, 0.3) is 0 Å². The Labute approximate surface area is 140 Å². The molecule has 1 aromatic carbocycles.